The Morgan fingerprint density at radius 2 is 1.73 bits per heavy atom. The van der Waals surface area contributed by atoms with Gasteiger partial charge in [-0.1, -0.05) is 0 Å². The Morgan fingerprint density at radius 3 is 2.00 bits per heavy atom. The lowest BCUT2D eigenvalue weighted by atomic mass is 10.9. The van der Waals surface area contributed by atoms with E-state index in [4.69, 9.17) is 4.55 Å². The molecule has 0 aliphatic heterocycles. The van der Waals surface area contributed by atoms with Gasteiger partial charge in [-0.25, -0.2) is 17.7 Å². The van der Waals surface area contributed by atoms with Crippen LogP contribution in [0.1, 0.15) is 0 Å². The summed E-state index contributed by atoms with van der Waals surface area (Å²) in [5, 5.41) is 4.48. The molecule has 0 fully saturated rings. The van der Waals surface area contributed by atoms with Crippen molar-refractivity contribution in [2.45, 2.75) is 0 Å². The molecule has 0 aromatic heterocycles. The predicted molar refractivity (Wildman–Crippen MR) is 35.5 cm³/mol. The summed E-state index contributed by atoms with van der Waals surface area (Å²) in [7, 11) is -8.31. The van der Waals surface area contributed by atoms with Crippen LogP contribution in [0.5, 0.6) is 0 Å². The molecule has 0 saturated carbocycles. The highest BCUT2D eigenvalue weighted by molar-refractivity contribution is 7.89. The van der Waals surface area contributed by atoms with Crippen LogP contribution in [0.15, 0.2) is 0 Å². The number of hydrogen-bond acceptors (Lipinski definition) is 5. The number of rotatable bonds is 4. The molecule has 0 aromatic rings. The minimum atomic E-state index is -4.57. The number of sulfonamides is 1. The second kappa shape index (κ2) is 3.45. The van der Waals surface area contributed by atoms with E-state index in [9.17, 15) is 16.8 Å². The van der Waals surface area contributed by atoms with Crippen LogP contribution in [0.3, 0.4) is 0 Å². The molecule has 0 rings (SSSR count). The van der Waals surface area contributed by atoms with E-state index in [1.807, 2.05) is 0 Å². The van der Waals surface area contributed by atoms with Crippen LogP contribution in [0.25, 0.3) is 0 Å². The van der Waals surface area contributed by atoms with Crippen molar-refractivity contribution in [3.8, 4) is 0 Å². The summed E-state index contributed by atoms with van der Waals surface area (Å²) < 4.78 is 51.5. The van der Waals surface area contributed by atoms with Gasteiger partial charge in [0.25, 0.3) is 0 Å². The van der Waals surface area contributed by atoms with E-state index >= 15 is 0 Å². The summed E-state index contributed by atoms with van der Waals surface area (Å²) in [5.74, 6) is -0.660. The molecule has 0 bridgehead atoms. The summed E-state index contributed by atoms with van der Waals surface area (Å²) in [5.41, 5.74) is 0. The Morgan fingerprint density at radius 1 is 1.27 bits per heavy atom. The number of primary sulfonamides is 1. The lowest BCUT2D eigenvalue weighted by Gasteiger charge is -1.96. The van der Waals surface area contributed by atoms with Crippen LogP contribution in [0, 0.1) is 0 Å². The van der Waals surface area contributed by atoms with Gasteiger partial charge >= 0.3 is 10.4 Å². The Balaban J connectivity index is 3.79. The topological polar surface area (TPSA) is 124 Å². The molecule has 68 valence electrons. The monoisotopic (exact) mass is 205 g/mol. The summed E-state index contributed by atoms with van der Waals surface area (Å²) in [6.07, 6.45) is 0. The highest BCUT2D eigenvalue weighted by atomic mass is 32.3. The summed E-state index contributed by atoms with van der Waals surface area (Å²) in [4.78, 5) is 0. The lowest BCUT2D eigenvalue weighted by molar-refractivity contribution is 0.284. The minimum absolute atomic E-state index is 0.660. The first kappa shape index (κ1) is 10.8. The van der Waals surface area contributed by atoms with Crippen LogP contribution in [0.2, 0.25) is 0 Å². The third-order valence-corrected chi connectivity index (χ3v) is 1.80. The molecule has 11 heavy (non-hydrogen) atoms. The molecule has 0 spiro atoms. The molecule has 7 nitrogen and oxygen atoms in total. The highest BCUT2D eigenvalue weighted by Gasteiger charge is 2.07. The molecule has 0 unspecified atom stereocenters. The average molecular weight is 205 g/mol. The Bertz CT molecular complexity index is 267. The molecule has 0 atom stereocenters. The van der Waals surface area contributed by atoms with Crippen molar-refractivity contribution in [2.24, 2.45) is 5.14 Å². The average Bonchev–Trinajstić information content (AvgIpc) is 1.55. The molecule has 0 amide bonds. The maximum Gasteiger partial charge on any atom is 0.397 e. The van der Waals surface area contributed by atoms with Gasteiger partial charge in [0, 0.05) is 0 Å². The first-order valence-corrected chi connectivity index (χ1v) is 5.41. The second-order valence-corrected chi connectivity index (χ2v) is 4.44. The third-order valence-electron chi connectivity index (χ3n) is 0.600. The van der Waals surface area contributed by atoms with E-state index in [-0.39, 0.29) is 0 Å². The molecule has 0 aliphatic rings. The number of hydrogen-bond donors (Lipinski definition) is 2. The Labute approximate surface area is 64.2 Å². The van der Waals surface area contributed by atoms with E-state index in [2.05, 4.69) is 9.32 Å². The van der Waals surface area contributed by atoms with E-state index in [0.717, 1.165) is 0 Å². The van der Waals surface area contributed by atoms with Crippen LogP contribution in [-0.4, -0.2) is 33.7 Å². The summed E-state index contributed by atoms with van der Waals surface area (Å²) in [6.45, 7) is -0.683. The van der Waals surface area contributed by atoms with Crippen LogP contribution in [0.4, 0.5) is 0 Å². The Kier molecular flexibility index (Phi) is 3.38. The van der Waals surface area contributed by atoms with Gasteiger partial charge in [-0.05, 0) is 0 Å². The lowest BCUT2D eigenvalue weighted by Crippen LogP contribution is -2.21. The summed E-state index contributed by atoms with van der Waals surface area (Å²) in [6, 6.07) is 0. The van der Waals surface area contributed by atoms with Gasteiger partial charge in [0.15, 0.2) is 0 Å². The quantitative estimate of drug-likeness (QED) is 0.516. The standard InChI is InChI=1S/C2H7NO6S2/c3-10(4,5)2-1-9-11(6,7)8/h1-2H2,(H2,3,4,5)(H,6,7,8). The van der Waals surface area contributed by atoms with Gasteiger partial charge < -0.3 is 0 Å². The van der Waals surface area contributed by atoms with Crippen molar-refractivity contribution < 1.29 is 25.6 Å². The van der Waals surface area contributed by atoms with Crippen LogP contribution >= 0.6 is 0 Å². The molecule has 0 saturated heterocycles. The van der Waals surface area contributed by atoms with Crippen LogP contribution < -0.4 is 5.14 Å². The van der Waals surface area contributed by atoms with Crippen molar-refractivity contribution in [3.05, 3.63) is 0 Å². The molecular weight excluding hydrogens is 198 g/mol. The molecule has 3 N–H and O–H groups in total. The molecular formula is C2H7NO6S2. The van der Waals surface area contributed by atoms with E-state index in [0.29, 0.717) is 0 Å². The fourth-order valence-corrected chi connectivity index (χ4v) is 0.971. The van der Waals surface area contributed by atoms with Gasteiger partial charge in [-0.15, -0.1) is 0 Å². The molecule has 0 aromatic carbocycles. The van der Waals surface area contributed by atoms with Crippen molar-refractivity contribution in [3.63, 3.8) is 0 Å². The van der Waals surface area contributed by atoms with Crippen molar-refractivity contribution in [2.75, 3.05) is 12.4 Å². The zero-order valence-electron chi connectivity index (χ0n) is 5.30. The van der Waals surface area contributed by atoms with Crippen molar-refractivity contribution in [1.29, 1.82) is 0 Å². The van der Waals surface area contributed by atoms with Gasteiger partial charge in [0.2, 0.25) is 10.0 Å². The summed E-state index contributed by atoms with van der Waals surface area (Å²) >= 11 is 0. The predicted octanol–water partition coefficient (Wildman–Crippen LogP) is -1.91. The normalized spacial score (nSPS) is 13.3. The molecule has 9 heteroatoms. The first-order valence-electron chi connectivity index (χ1n) is 2.33. The minimum Gasteiger partial charge on any atom is -0.264 e. The zero-order valence-corrected chi connectivity index (χ0v) is 6.93. The largest absolute Gasteiger partial charge is 0.397 e. The van der Waals surface area contributed by atoms with E-state index in [1.165, 1.54) is 0 Å². The van der Waals surface area contributed by atoms with E-state index < -0.39 is 32.8 Å². The maximum absolute atomic E-state index is 10.1. The van der Waals surface area contributed by atoms with Crippen LogP contribution in [-0.2, 0) is 24.6 Å². The van der Waals surface area contributed by atoms with Crippen molar-refractivity contribution in [1.82, 2.24) is 0 Å². The second-order valence-electron chi connectivity index (χ2n) is 1.62. The fourth-order valence-electron chi connectivity index (χ4n) is 0.255. The van der Waals surface area contributed by atoms with Gasteiger partial charge in [0.1, 0.15) is 0 Å². The number of nitrogens with two attached hydrogens (primary N) is 1. The van der Waals surface area contributed by atoms with E-state index in [1.54, 1.807) is 0 Å². The first-order chi connectivity index (χ1) is 4.71. The zero-order chi connectivity index (χ0) is 9.12. The SMILES string of the molecule is NS(=O)(=O)CCOS(=O)(=O)O. The smallest absolute Gasteiger partial charge is 0.264 e. The third kappa shape index (κ3) is 9.78. The van der Waals surface area contributed by atoms with Gasteiger partial charge in [-0.3, -0.25) is 4.55 Å². The van der Waals surface area contributed by atoms with Gasteiger partial charge in [-0.2, -0.15) is 8.42 Å². The van der Waals surface area contributed by atoms with Gasteiger partial charge in [0.05, 0.1) is 12.4 Å². The molecule has 0 heterocycles. The fraction of sp³-hybridized carbons (Fsp3) is 1.00. The highest BCUT2D eigenvalue weighted by Crippen LogP contribution is 1.86. The van der Waals surface area contributed by atoms with Crippen molar-refractivity contribution >= 4 is 20.4 Å². The Hall–Kier alpha value is -0.220. The molecule has 0 radical (unpaired) electrons. The maximum atomic E-state index is 10.1. The molecule has 0 aliphatic carbocycles.